The minimum Gasteiger partial charge on any atom is -0.339 e. The summed E-state index contributed by atoms with van der Waals surface area (Å²) < 4.78 is 0. The Balaban J connectivity index is 1.59. The first-order valence-electron chi connectivity index (χ1n) is 7.89. The molecule has 0 bridgehead atoms. The highest BCUT2D eigenvalue weighted by atomic mass is 32.2. The van der Waals surface area contributed by atoms with Gasteiger partial charge in [0.1, 0.15) is 0 Å². The summed E-state index contributed by atoms with van der Waals surface area (Å²) in [5.41, 5.74) is 1.37. The number of benzene rings is 1. The van der Waals surface area contributed by atoms with Gasteiger partial charge in [0.15, 0.2) is 0 Å². The second-order valence-corrected chi connectivity index (χ2v) is 7.32. The van der Waals surface area contributed by atoms with Gasteiger partial charge in [-0.2, -0.15) is 11.8 Å². The molecular weight excluding hydrogens is 280 g/mol. The molecule has 1 aromatic carbocycles. The molecular formula is C17H24N2OS. The van der Waals surface area contributed by atoms with Crippen LogP contribution >= 0.6 is 11.8 Å². The van der Waals surface area contributed by atoms with Crippen LogP contribution in [0.5, 0.6) is 0 Å². The van der Waals surface area contributed by atoms with Gasteiger partial charge in [-0.15, -0.1) is 0 Å². The number of nitrogens with one attached hydrogen (secondary N) is 1. The zero-order valence-corrected chi connectivity index (χ0v) is 13.4. The lowest BCUT2D eigenvalue weighted by atomic mass is 9.97. The van der Waals surface area contributed by atoms with Crippen molar-refractivity contribution in [1.82, 2.24) is 10.2 Å². The summed E-state index contributed by atoms with van der Waals surface area (Å²) >= 11 is 1.95. The molecule has 2 saturated heterocycles. The summed E-state index contributed by atoms with van der Waals surface area (Å²) in [5.74, 6) is 3.05. The lowest BCUT2D eigenvalue weighted by Gasteiger charge is -2.27. The van der Waals surface area contributed by atoms with Crippen LogP contribution in [0.4, 0.5) is 0 Å². The van der Waals surface area contributed by atoms with E-state index in [9.17, 15) is 4.79 Å². The van der Waals surface area contributed by atoms with Gasteiger partial charge in [-0.1, -0.05) is 30.3 Å². The van der Waals surface area contributed by atoms with Crippen molar-refractivity contribution in [3.8, 4) is 0 Å². The fraction of sp³-hybridized carbons (Fsp3) is 0.588. The van der Waals surface area contributed by atoms with E-state index in [2.05, 4.69) is 47.5 Å². The van der Waals surface area contributed by atoms with Crippen LogP contribution in [0.2, 0.25) is 0 Å². The normalized spacial score (nSPS) is 29.6. The lowest BCUT2D eigenvalue weighted by Crippen LogP contribution is -2.43. The molecule has 2 aliphatic rings. The van der Waals surface area contributed by atoms with Crippen molar-refractivity contribution in [2.24, 2.45) is 0 Å². The monoisotopic (exact) mass is 304 g/mol. The van der Waals surface area contributed by atoms with E-state index in [1.165, 1.54) is 11.3 Å². The van der Waals surface area contributed by atoms with Crippen LogP contribution in [0.1, 0.15) is 31.2 Å². The average molecular weight is 304 g/mol. The molecule has 1 aromatic rings. The third kappa shape index (κ3) is 3.61. The predicted octanol–water partition coefficient (Wildman–Crippen LogP) is 2.49. The Bertz CT molecular complexity index is 473. The molecule has 0 unspecified atom stereocenters. The number of amides is 1. The van der Waals surface area contributed by atoms with E-state index in [1.54, 1.807) is 0 Å². The maximum absolute atomic E-state index is 12.6. The first kappa shape index (κ1) is 14.9. The van der Waals surface area contributed by atoms with Gasteiger partial charge in [-0.3, -0.25) is 4.79 Å². The Labute approximate surface area is 131 Å². The third-order valence-electron chi connectivity index (χ3n) is 4.59. The van der Waals surface area contributed by atoms with E-state index in [0.717, 1.165) is 25.3 Å². The molecule has 2 heterocycles. The second-order valence-electron chi connectivity index (χ2n) is 6.17. The van der Waals surface area contributed by atoms with Crippen molar-refractivity contribution in [1.29, 1.82) is 0 Å². The van der Waals surface area contributed by atoms with Crippen molar-refractivity contribution < 1.29 is 4.79 Å². The van der Waals surface area contributed by atoms with Crippen molar-refractivity contribution in [3.63, 3.8) is 0 Å². The Morgan fingerprint density at radius 2 is 2.19 bits per heavy atom. The average Bonchev–Trinajstić information content (AvgIpc) is 2.91. The van der Waals surface area contributed by atoms with Crippen molar-refractivity contribution in [2.45, 2.75) is 37.8 Å². The lowest BCUT2D eigenvalue weighted by molar-refractivity contribution is -0.132. The maximum Gasteiger partial charge on any atom is 0.224 e. The standard InChI is InChI=1S/C17H24N2OS/c1-13-9-15(14-5-3-2-4-6-14)11-19(13)17(20)10-16-12-21-8-7-18-16/h2-6,13,15-16,18H,7-12H2,1H3/t13-,15+,16-/m1/s1. The van der Waals surface area contributed by atoms with E-state index in [-0.39, 0.29) is 0 Å². The van der Waals surface area contributed by atoms with E-state index >= 15 is 0 Å². The van der Waals surface area contributed by atoms with Gasteiger partial charge < -0.3 is 10.2 Å². The van der Waals surface area contributed by atoms with Gasteiger partial charge >= 0.3 is 0 Å². The van der Waals surface area contributed by atoms with Crippen LogP contribution in [-0.4, -0.2) is 47.5 Å². The van der Waals surface area contributed by atoms with Gasteiger partial charge in [0, 0.05) is 49.0 Å². The molecule has 3 atom stereocenters. The van der Waals surface area contributed by atoms with E-state index < -0.39 is 0 Å². The van der Waals surface area contributed by atoms with Gasteiger partial charge in [-0.25, -0.2) is 0 Å². The fourth-order valence-electron chi connectivity index (χ4n) is 3.42. The van der Waals surface area contributed by atoms with Gasteiger partial charge in [0.05, 0.1) is 0 Å². The molecule has 0 saturated carbocycles. The molecule has 0 aromatic heterocycles. The largest absolute Gasteiger partial charge is 0.339 e. The molecule has 2 fully saturated rings. The van der Waals surface area contributed by atoms with Gasteiger partial charge in [0.2, 0.25) is 5.91 Å². The molecule has 1 N–H and O–H groups in total. The highest BCUT2D eigenvalue weighted by molar-refractivity contribution is 7.99. The summed E-state index contributed by atoms with van der Waals surface area (Å²) in [7, 11) is 0. The number of nitrogens with zero attached hydrogens (tertiary/aromatic N) is 1. The molecule has 3 nitrogen and oxygen atoms in total. The summed E-state index contributed by atoms with van der Waals surface area (Å²) in [6.07, 6.45) is 1.74. The quantitative estimate of drug-likeness (QED) is 0.931. The number of carbonyl (C=O) groups is 1. The maximum atomic E-state index is 12.6. The minimum atomic E-state index is 0.320. The Morgan fingerprint density at radius 1 is 1.38 bits per heavy atom. The fourth-order valence-corrected chi connectivity index (χ4v) is 4.37. The van der Waals surface area contributed by atoms with Crippen LogP contribution in [0.15, 0.2) is 30.3 Å². The highest BCUT2D eigenvalue weighted by Gasteiger charge is 2.33. The molecule has 21 heavy (non-hydrogen) atoms. The summed E-state index contributed by atoms with van der Waals surface area (Å²) in [6, 6.07) is 11.3. The topological polar surface area (TPSA) is 32.3 Å². The minimum absolute atomic E-state index is 0.320. The zero-order chi connectivity index (χ0) is 14.7. The molecule has 2 aliphatic heterocycles. The number of rotatable bonds is 3. The molecule has 0 radical (unpaired) electrons. The summed E-state index contributed by atoms with van der Waals surface area (Å²) in [4.78, 5) is 14.7. The van der Waals surface area contributed by atoms with Crippen LogP contribution < -0.4 is 5.32 Å². The molecule has 0 aliphatic carbocycles. The van der Waals surface area contributed by atoms with Crippen molar-refractivity contribution >= 4 is 17.7 Å². The number of hydrogen-bond acceptors (Lipinski definition) is 3. The third-order valence-corrected chi connectivity index (χ3v) is 5.72. The van der Waals surface area contributed by atoms with Crippen LogP contribution in [0, 0.1) is 0 Å². The summed E-state index contributed by atoms with van der Waals surface area (Å²) in [5, 5.41) is 3.46. The van der Waals surface area contributed by atoms with Gasteiger partial charge in [-0.05, 0) is 18.9 Å². The first-order chi connectivity index (χ1) is 10.2. The number of thioether (sulfide) groups is 1. The molecule has 1 amide bonds. The number of carbonyl (C=O) groups excluding carboxylic acids is 1. The summed E-state index contributed by atoms with van der Waals surface area (Å²) in [6.45, 7) is 4.10. The predicted molar refractivity (Wildman–Crippen MR) is 88.7 cm³/mol. The van der Waals surface area contributed by atoms with E-state index in [1.807, 2.05) is 11.8 Å². The Hall–Kier alpha value is -1.000. The Morgan fingerprint density at radius 3 is 2.90 bits per heavy atom. The van der Waals surface area contributed by atoms with Gasteiger partial charge in [0.25, 0.3) is 0 Å². The molecule has 3 rings (SSSR count). The second kappa shape index (κ2) is 6.84. The van der Waals surface area contributed by atoms with E-state index in [4.69, 9.17) is 0 Å². The number of likely N-dealkylation sites (tertiary alicyclic amines) is 1. The van der Waals surface area contributed by atoms with E-state index in [0.29, 0.717) is 30.3 Å². The SMILES string of the molecule is C[C@@H]1C[C@H](c2ccccc2)CN1C(=O)C[C@@H]1CSCCN1. The van der Waals surface area contributed by atoms with Crippen LogP contribution in [-0.2, 0) is 4.79 Å². The molecule has 4 heteroatoms. The van der Waals surface area contributed by atoms with Crippen molar-refractivity contribution in [2.75, 3.05) is 24.6 Å². The van der Waals surface area contributed by atoms with Crippen molar-refractivity contribution in [3.05, 3.63) is 35.9 Å². The van der Waals surface area contributed by atoms with Crippen LogP contribution in [0.25, 0.3) is 0 Å². The Kier molecular flexibility index (Phi) is 4.86. The molecule has 114 valence electrons. The van der Waals surface area contributed by atoms with Crippen LogP contribution in [0.3, 0.4) is 0 Å². The smallest absolute Gasteiger partial charge is 0.224 e. The number of hydrogen-bond donors (Lipinski definition) is 1. The highest BCUT2D eigenvalue weighted by Crippen LogP contribution is 2.32. The first-order valence-corrected chi connectivity index (χ1v) is 9.05. The zero-order valence-electron chi connectivity index (χ0n) is 12.6. The molecule has 0 spiro atoms.